The number of para-hydroxylation sites is 2. The second-order valence-electron chi connectivity index (χ2n) is 7.49. The molecule has 0 amide bonds. The van der Waals surface area contributed by atoms with Crippen molar-refractivity contribution >= 4 is 40.2 Å². The Balaban J connectivity index is 1.75. The van der Waals surface area contributed by atoms with Crippen molar-refractivity contribution in [3.8, 4) is 0 Å². The lowest BCUT2D eigenvalue weighted by Crippen LogP contribution is -2.59. The molecule has 0 aliphatic carbocycles. The summed E-state index contributed by atoms with van der Waals surface area (Å²) in [6.07, 6.45) is 0.784. The van der Waals surface area contributed by atoms with Gasteiger partial charge in [-0.15, -0.1) is 11.3 Å². The smallest absolute Gasteiger partial charge is 0.302 e. The number of carbonyl (C=O) groups excluding carboxylic acids is 1. The molecule has 28 heavy (non-hydrogen) atoms. The largest absolute Gasteiger partial charge is 0.423 e. The Morgan fingerprint density at radius 2 is 2.14 bits per heavy atom. The zero-order chi connectivity index (χ0) is 19.9. The molecule has 6 nitrogen and oxygen atoms in total. The number of oxazole rings is 1. The zero-order valence-electron chi connectivity index (χ0n) is 16.4. The van der Waals surface area contributed by atoms with Crippen LogP contribution in [-0.4, -0.2) is 22.3 Å². The summed E-state index contributed by atoms with van der Waals surface area (Å²) < 4.78 is 5.79. The van der Waals surface area contributed by atoms with Crippen molar-refractivity contribution in [2.75, 3.05) is 5.32 Å². The number of thiophene rings is 1. The maximum Gasteiger partial charge on any atom is 0.302 e. The first-order valence-corrected chi connectivity index (χ1v) is 10.3. The van der Waals surface area contributed by atoms with Crippen molar-refractivity contribution < 1.29 is 9.21 Å². The second-order valence-corrected chi connectivity index (χ2v) is 8.43. The summed E-state index contributed by atoms with van der Waals surface area (Å²) in [6, 6.07) is 9.83. The van der Waals surface area contributed by atoms with E-state index in [-0.39, 0.29) is 17.7 Å². The minimum Gasteiger partial charge on any atom is -0.423 e. The Morgan fingerprint density at radius 1 is 1.36 bits per heavy atom. The van der Waals surface area contributed by atoms with Crippen LogP contribution in [0.5, 0.6) is 0 Å². The minimum absolute atomic E-state index is 0.138. The third-order valence-corrected chi connectivity index (χ3v) is 6.63. The summed E-state index contributed by atoms with van der Waals surface area (Å²) in [5, 5.41) is 8.68. The van der Waals surface area contributed by atoms with Crippen LogP contribution in [0.2, 0.25) is 0 Å². The van der Waals surface area contributed by atoms with E-state index in [1.165, 1.54) is 0 Å². The molecule has 4 rings (SSSR count). The molecule has 2 aromatic heterocycles. The molecule has 1 aliphatic heterocycles. The summed E-state index contributed by atoms with van der Waals surface area (Å²) in [7, 11) is 0. The van der Waals surface area contributed by atoms with Crippen LogP contribution in [0.4, 0.5) is 6.01 Å². The number of nitrogens with one attached hydrogen (secondary N) is 2. The van der Waals surface area contributed by atoms with Gasteiger partial charge in [0.05, 0.1) is 5.92 Å². The van der Waals surface area contributed by atoms with Crippen molar-refractivity contribution in [3.05, 3.63) is 46.2 Å². The Bertz CT molecular complexity index is 1020. The van der Waals surface area contributed by atoms with Crippen LogP contribution in [0.25, 0.3) is 11.1 Å². The van der Waals surface area contributed by atoms with Gasteiger partial charge in [0, 0.05) is 10.4 Å². The van der Waals surface area contributed by atoms with E-state index in [0.29, 0.717) is 17.6 Å². The third kappa shape index (κ3) is 3.20. The number of Topliss-reactive ketones (excluding diaryl/α,β-unsaturated/α-hetero) is 1. The number of fused-ring (bicyclic) bond motifs is 1. The summed E-state index contributed by atoms with van der Waals surface area (Å²) >= 11 is 1.65. The first-order chi connectivity index (χ1) is 13.4. The standard InChI is InChI=1S/C21H24N4O2S/c1-5-21(4)16(13(3)26)17(18-12(2)10-11-28-18)23-19(25-21)24-20-22-14-8-6-7-9-15(14)27-20/h6-11,16-17H,5H2,1-4H3,(H2,22,23,24,25). The molecule has 0 spiro atoms. The quantitative estimate of drug-likeness (QED) is 0.669. The number of benzene rings is 1. The highest BCUT2D eigenvalue weighted by Crippen LogP contribution is 2.42. The molecule has 0 saturated carbocycles. The summed E-state index contributed by atoms with van der Waals surface area (Å²) in [6.45, 7) is 7.89. The number of guanidine groups is 1. The van der Waals surface area contributed by atoms with E-state index in [1.807, 2.05) is 24.3 Å². The van der Waals surface area contributed by atoms with Crippen molar-refractivity contribution in [2.24, 2.45) is 10.9 Å². The molecular formula is C21H24N4O2S. The topological polar surface area (TPSA) is 79.5 Å². The lowest BCUT2D eigenvalue weighted by atomic mass is 9.74. The molecule has 7 heteroatoms. The highest BCUT2D eigenvalue weighted by atomic mass is 32.1. The van der Waals surface area contributed by atoms with Gasteiger partial charge in [-0.1, -0.05) is 19.1 Å². The molecule has 0 bridgehead atoms. The molecule has 3 heterocycles. The van der Waals surface area contributed by atoms with Crippen LogP contribution >= 0.6 is 11.3 Å². The monoisotopic (exact) mass is 396 g/mol. The van der Waals surface area contributed by atoms with Gasteiger partial charge in [0.25, 0.3) is 0 Å². The lowest BCUT2D eigenvalue weighted by molar-refractivity contribution is -0.124. The Morgan fingerprint density at radius 3 is 2.79 bits per heavy atom. The third-order valence-electron chi connectivity index (χ3n) is 5.54. The second kappa shape index (κ2) is 7.05. The number of nitrogens with zero attached hydrogens (tertiary/aromatic N) is 2. The predicted octanol–water partition coefficient (Wildman–Crippen LogP) is 4.68. The maximum absolute atomic E-state index is 12.6. The number of hydrogen-bond donors (Lipinski definition) is 2. The molecule has 146 valence electrons. The van der Waals surface area contributed by atoms with E-state index >= 15 is 0 Å². The van der Waals surface area contributed by atoms with E-state index in [2.05, 4.69) is 47.8 Å². The number of ketones is 1. The van der Waals surface area contributed by atoms with E-state index in [4.69, 9.17) is 9.41 Å². The fourth-order valence-corrected chi connectivity index (χ4v) is 4.91. The average Bonchev–Trinajstić information content (AvgIpc) is 3.26. The molecular weight excluding hydrogens is 372 g/mol. The molecule has 1 aliphatic rings. The number of aliphatic imine (C=N–C) groups is 1. The Labute approximate surface area is 168 Å². The zero-order valence-corrected chi connectivity index (χ0v) is 17.3. The van der Waals surface area contributed by atoms with Crippen molar-refractivity contribution in [1.82, 2.24) is 10.3 Å². The molecule has 0 radical (unpaired) electrons. The minimum atomic E-state index is -0.428. The van der Waals surface area contributed by atoms with Gasteiger partial charge >= 0.3 is 6.01 Å². The van der Waals surface area contributed by atoms with E-state index < -0.39 is 5.54 Å². The fraction of sp³-hybridized carbons (Fsp3) is 0.381. The van der Waals surface area contributed by atoms with Crippen LogP contribution in [0.1, 0.15) is 43.7 Å². The molecule has 3 aromatic rings. The first kappa shape index (κ1) is 18.7. The van der Waals surface area contributed by atoms with Crippen LogP contribution in [0.15, 0.2) is 45.1 Å². The van der Waals surface area contributed by atoms with Crippen LogP contribution < -0.4 is 10.6 Å². The van der Waals surface area contributed by atoms with Gasteiger partial charge in [0.1, 0.15) is 17.3 Å². The molecule has 1 aromatic carbocycles. The Kier molecular flexibility index (Phi) is 4.71. The molecule has 3 atom stereocenters. The van der Waals surface area contributed by atoms with E-state index in [0.717, 1.165) is 22.4 Å². The van der Waals surface area contributed by atoms with Crippen LogP contribution in [0, 0.1) is 12.8 Å². The SMILES string of the molecule is CCC1(C)NC(Nc2nc3ccccc3o2)=NC(c2sccc2C)C1C(C)=O. The highest BCUT2D eigenvalue weighted by molar-refractivity contribution is 7.10. The number of aryl methyl sites for hydroxylation is 1. The van der Waals surface area contributed by atoms with Gasteiger partial charge in [0.15, 0.2) is 5.58 Å². The van der Waals surface area contributed by atoms with Gasteiger partial charge < -0.3 is 9.73 Å². The average molecular weight is 397 g/mol. The summed E-state index contributed by atoms with van der Waals surface area (Å²) in [5.74, 6) is 0.467. The predicted molar refractivity (Wildman–Crippen MR) is 113 cm³/mol. The van der Waals surface area contributed by atoms with Crippen molar-refractivity contribution in [1.29, 1.82) is 0 Å². The number of rotatable bonds is 4. The van der Waals surface area contributed by atoms with Gasteiger partial charge in [0.2, 0.25) is 5.96 Å². The van der Waals surface area contributed by atoms with Crippen LogP contribution in [-0.2, 0) is 4.79 Å². The molecule has 3 unspecified atom stereocenters. The fourth-order valence-electron chi connectivity index (χ4n) is 3.91. The Hall–Kier alpha value is -2.67. The van der Waals surface area contributed by atoms with Gasteiger partial charge in [-0.2, -0.15) is 4.98 Å². The summed E-state index contributed by atoms with van der Waals surface area (Å²) in [5.41, 5.74) is 2.23. The van der Waals surface area contributed by atoms with Crippen molar-refractivity contribution in [2.45, 2.75) is 45.7 Å². The van der Waals surface area contributed by atoms with Crippen LogP contribution in [0.3, 0.4) is 0 Å². The maximum atomic E-state index is 12.6. The number of anilines is 1. The van der Waals surface area contributed by atoms with Crippen molar-refractivity contribution in [3.63, 3.8) is 0 Å². The molecule has 0 saturated heterocycles. The number of hydrogen-bond acceptors (Lipinski definition) is 7. The number of carbonyl (C=O) groups is 1. The lowest BCUT2D eigenvalue weighted by Gasteiger charge is -2.44. The summed E-state index contributed by atoms with van der Waals surface area (Å²) in [4.78, 5) is 23.1. The number of aromatic nitrogens is 1. The van der Waals surface area contributed by atoms with Gasteiger partial charge in [-0.3, -0.25) is 10.1 Å². The highest BCUT2D eigenvalue weighted by Gasteiger charge is 2.46. The first-order valence-electron chi connectivity index (χ1n) is 9.44. The molecule has 2 N–H and O–H groups in total. The van der Waals surface area contributed by atoms with Gasteiger partial charge in [-0.05, 0) is 56.3 Å². The van der Waals surface area contributed by atoms with E-state index in [1.54, 1.807) is 18.3 Å². The van der Waals surface area contributed by atoms with E-state index in [9.17, 15) is 4.79 Å². The van der Waals surface area contributed by atoms with Gasteiger partial charge in [-0.25, -0.2) is 4.99 Å². The normalized spacial score (nSPS) is 24.6. The molecule has 0 fully saturated rings.